The first-order valence-corrected chi connectivity index (χ1v) is 8.81. The van der Waals surface area contributed by atoms with Crippen LogP contribution >= 0.6 is 0 Å². The molecule has 0 aromatic heterocycles. The summed E-state index contributed by atoms with van der Waals surface area (Å²) in [5.74, 6) is 0. The van der Waals surface area contributed by atoms with Gasteiger partial charge in [0.2, 0.25) is 0 Å². The van der Waals surface area contributed by atoms with E-state index in [1.165, 1.54) is 4.31 Å². The Labute approximate surface area is 133 Å². The Balaban J connectivity index is 2.39. The number of hydrogen-bond acceptors (Lipinski definition) is 2. The SMILES string of the molecule is C=CCN(c1ccccc1)S(=O)(=O)c1ccc(CCC)cc1. The van der Waals surface area contributed by atoms with Crippen LogP contribution in [-0.2, 0) is 16.4 Å². The summed E-state index contributed by atoms with van der Waals surface area (Å²) in [6.07, 6.45) is 3.59. The maximum Gasteiger partial charge on any atom is 0.264 e. The molecule has 0 saturated heterocycles. The Morgan fingerprint density at radius 1 is 1.05 bits per heavy atom. The lowest BCUT2D eigenvalue weighted by atomic mass is 10.1. The number of sulfonamides is 1. The Kier molecular flexibility index (Phi) is 5.39. The van der Waals surface area contributed by atoms with Gasteiger partial charge in [-0.2, -0.15) is 0 Å². The van der Waals surface area contributed by atoms with Crippen LogP contribution in [-0.4, -0.2) is 15.0 Å². The lowest BCUT2D eigenvalue weighted by Gasteiger charge is -2.23. The van der Waals surface area contributed by atoms with Crippen LogP contribution in [0.5, 0.6) is 0 Å². The molecule has 0 radical (unpaired) electrons. The van der Waals surface area contributed by atoms with Crippen molar-refractivity contribution in [3.63, 3.8) is 0 Å². The Bertz CT molecular complexity index is 707. The standard InChI is InChI=1S/C18H21NO2S/c1-3-8-16-11-13-18(14-12-16)22(20,21)19(15-4-2)17-9-6-5-7-10-17/h4-7,9-14H,2-3,8,15H2,1H3. The molecule has 0 aliphatic carbocycles. The molecule has 0 aliphatic rings. The van der Waals surface area contributed by atoms with Crippen molar-refractivity contribution < 1.29 is 8.42 Å². The van der Waals surface area contributed by atoms with Crippen LogP contribution in [0.1, 0.15) is 18.9 Å². The molecule has 0 heterocycles. The molecule has 0 unspecified atom stereocenters. The van der Waals surface area contributed by atoms with Gasteiger partial charge in [-0.15, -0.1) is 6.58 Å². The van der Waals surface area contributed by atoms with E-state index in [1.807, 2.05) is 30.3 Å². The van der Waals surface area contributed by atoms with Crippen molar-refractivity contribution in [3.05, 3.63) is 72.8 Å². The lowest BCUT2D eigenvalue weighted by Crippen LogP contribution is -2.31. The predicted octanol–water partition coefficient (Wildman–Crippen LogP) is 4.02. The molecule has 2 aromatic carbocycles. The molecule has 0 bridgehead atoms. The molecule has 0 amide bonds. The fourth-order valence-corrected chi connectivity index (χ4v) is 3.73. The Hall–Kier alpha value is -2.07. The summed E-state index contributed by atoms with van der Waals surface area (Å²) in [5.41, 5.74) is 1.79. The molecular formula is C18H21NO2S. The van der Waals surface area contributed by atoms with Crippen molar-refractivity contribution in [1.82, 2.24) is 0 Å². The van der Waals surface area contributed by atoms with Crippen LogP contribution < -0.4 is 4.31 Å². The smallest absolute Gasteiger partial charge is 0.263 e. The van der Waals surface area contributed by atoms with Gasteiger partial charge >= 0.3 is 0 Å². The average molecular weight is 315 g/mol. The first kappa shape index (κ1) is 16.3. The minimum atomic E-state index is -3.59. The van der Waals surface area contributed by atoms with E-state index in [0.717, 1.165) is 18.4 Å². The average Bonchev–Trinajstić information content (AvgIpc) is 2.54. The topological polar surface area (TPSA) is 37.4 Å². The highest BCUT2D eigenvalue weighted by Gasteiger charge is 2.23. The maximum absolute atomic E-state index is 12.9. The first-order chi connectivity index (χ1) is 10.6. The molecule has 116 valence electrons. The number of nitrogens with zero attached hydrogens (tertiary/aromatic N) is 1. The molecule has 0 fully saturated rings. The van der Waals surface area contributed by atoms with Gasteiger partial charge in [-0.25, -0.2) is 8.42 Å². The number of aryl methyl sites for hydroxylation is 1. The lowest BCUT2D eigenvalue weighted by molar-refractivity contribution is 0.593. The molecule has 0 N–H and O–H groups in total. The first-order valence-electron chi connectivity index (χ1n) is 7.37. The highest BCUT2D eigenvalue weighted by molar-refractivity contribution is 7.92. The summed E-state index contributed by atoms with van der Waals surface area (Å²) in [6.45, 7) is 6.01. The normalized spacial score (nSPS) is 11.1. The largest absolute Gasteiger partial charge is 0.264 e. The van der Waals surface area contributed by atoms with Crippen molar-refractivity contribution in [2.24, 2.45) is 0 Å². The molecule has 0 aliphatic heterocycles. The van der Waals surface area contributed by atoms with Crippen LogP contribution in [0, 0.1) is 0 Å². The van der Waals surface area contributed by atoms with Gasteiger partial charge in [-0.1, -0.05) is 49.8 Å². The Morgan fingerprint density at radius 3 is 2.23 bits per heavy atom. The summed E-state index contributed by atoms with van der Waals surface area (Å²) in [7, 11) is -3.59. The fraction of sp³-hybridized carbons (Fsp3) is 0.222. The molecule has 4 heteroatoms. The van der Waals surface area contributed by atoms with Crippen molar-refractivity contribution in [2.45, 2.75) is 24.7 Å². The Morgan fingerprint density at radius 2 is 1.68 bits per heavy atom. The molecule has 2 aromatic rings. The molecule has 0 saturated carbocycles. The van der Waals surface area contributed by atoms with Gasteiger partial charge in [0.25, 0.3) is 10.0 Å². The number of para-hydroxylation sites is 1. The van der Waals surface area contributed by atoms with E-state index < -0.39 is 10.0 Å². The summed E-state index contributed by atoms with van der Waals surface area (Å²) < 4.78 is 27.1. The third kappa shape index (κ3) is 3.57. The van der Waals surface area contributed by atoms with Crippen molar-refractivity contribution in [2.75, 3.05) is 10.8 Å². The predicted molar refractivity (Wildman–Crippen MR) is 91.6 cm³/mol. The third-order valence-corrected chi connectivity index (χ3v) is 5.20. The number of anilines is 1. The van der Waals surface area contributed by atoms with Gasteiger partial charge in [0.05, 0.1) is 17.1 Å². The van der Waals surface area contributed by atoms with Gasteiger partial charge in [0.15, 0.2) is 0 Å². The van der Waals surface area contributed by atoms with Crippen molar-refractivity contribution >= 4 is 15.7 Å². The van der Waals surface area contributed by atoms with Crippen LogP contribution in [0.4, 0.5) is 5.69 Å². The number of benzene rings is 2. The zero-order chi connectivity index (χ0) is 16.0. The van der Waals surface area contributed by atoms with Crippen LogP contribution in [0.2, 0.25) is 0 Å². The van der Waals surface area contributed by atoms with E-state index in [0.29, 0.717) is 10.6 Å². The molecule has 22 heavy (non-hydrogen) atoms. The second-order valence-corrected chi connectivity index (χ2v) is 6.92. The number of rotatable bonds is 7. The van der Waals surface area contributed by atoms with Crippen LogP contribution in [0.15, 0.2) is 72.1 Å². The van der Waals surface area contributed by atoms with Crippen LogP contribution in [0.3, 0.4) is 0 Å². The zero-order valence-corrected chi connectivity index (χ0v) is 13.6. The van der Waals surface area contributed by atoms with Crippen molar-refractivity contribution in [3.8, 4) is 0 Å². The number of hydrogen-bond donors (Lipinski definition) is 0. The summed E-state index contributed by atoms with van der Waals surface area (Å²) in [4.78, 5) is 0.304. The van der Waals surface area contributed by atoms with Gasteiger partial charge in [0, 0.05) is 0 Å². The minimum Gasteiger partial charge on any atom is -0.263 e. The second-order valence-electron chi connectivity index (χ2n) is 5.05. The molecule has 3 nitrogen and oxygen atoms in total. The van der Waals surface area contributed by atoms with Crippen molar-refractivity contribution in [1.29, 1.82) is 0 Å². The third-order valence-electron chi connectivity index (χ3n) is 3.39. The zero-order valence-electron chi connectivity index (χ0n) is 12.8. The fourth-order valence-electron chi connectivity index (χ4n) is 2.30. The van der Waals surface area contributed by atoms with E-state index in [1.54, 1.807) is 30.3 Å². The summed E-state index contributed by atoms with van der Waals surface area (Å²) in [5, 5.41) is 0. The van der Waals surface area contributed by atoms with Gasteiger partial charge in [-0.05, 0) is 36.2 Å². The summed E-state index contributed by atoms with van der Waals surface area (Å²) >= 11 is 0. The molecule has 0 spiro atoms. The molecular weight excluding hydrogens is 294 g/mol. The highest BCUT2D eigenvalue weighted by atomic mass is 32.2. The monoisotopic (exact) mass is 315 g/mol. The highest BCUT2D eigenvalue weighted by Crippen LogP contribution is 2.23. The second kappa shape index (κ2) is 7.27. The minimum absolute atomic E-state index is 0.239. The quantitative estimate of drug-likeness (QED) is 0.724. The molecule has 0 atom stereocenters. The van der Waals surface area contributed by atoms with E-state index in [4.69, 9.17) is 0 Å². The molecule has 2 rings (SSSR count). The summed E-state index contributed by atoms with van der Waals surface area (Å²) in [6, 6.07) is 16.2. The van der Waals surface area contributed by atoms with E-state index in [-0.39, 0.29) is 6.54 Å². The van der Waals surface area contributed by atoms with E-state index >= 15 is 0 Å². The van der Waals surface area contributed by atoms with E-state index in [2.05, 4.69) is 13.5 Å². The van der Waals surface area contributed by atoms with Gasteiger partial charge < -0.3 is 0 Å². The van der Waals surface area contributed by atoms with Crippen LogP contribution in [0.25, 0.3) is 0 Å². The van der Waals surface area contributed by atoms with Gasteiger partial charge in [0.1, 0.15) is 0 Å². The van der Waals surface area contributed by atoms with Gasteiger partial charge in [-0.3, -0.25) is 4.31 Å². The van der Waals surface area contributed by atoms with E-state index in [9.17, 15) is 8.42 Å². The maximum atomic E-state index is 12.9.